The molecule has 0 spiro atoms. The number of carbonyl (C=O) groups excluding carboxylic acids is 2. The first-order chi connectivity index (χ1) is 12.3. The van der Waals surface area contributed by atoms with Gasteiger partial charge in [0.25, 0.3) is 0 Å². The van der Waals surface area contributed by atoms with Crippen LogP contribution in [-0.4, -0.2) is 26.1 Å². The van der Waals surface area contributed by atoms with Gasteiger partial charge in [-0.1, -0.05) is 13.3 Å². The summed E-state index contributed by atoms with van der Waals surface area (Å²) in [6.45, 7) is 5.83. The maximum Gasteiger partial charge on any atom is 0.311 e. The van der Waals surface area contributed by atoms with Gasteiger partial charge in [0.05, 0.1) is 25.3 Å². The van der Waals surface area contributed by atoms with Crippen LogP contribution in [0.3, 0.4) is 0 Å². The van der Waals surface area contributed by atoms with Crippen molar-refractivity contribution in [3.05, 3.63) is 23.3 Å². The number of anilines is 1. The normalized spacial score (nSPS) is 30.0. The van der Waals surface area contributed by atoms with Crippen LogP contribution < -0.4 is 10.1 Å². The number of amides is 1. The van der Waals surface area contributed by atoms with Gasteiger partial charge in [0.1, 0.15) is 5.75 Å². The van der Waals surface area contributed by atoms with Gasteiger partial charge in [-0.3, -0.25) is 9.59 Å². The highest BCUT2D eigenvalue weighted by atomic mass is 16.5. The second-order valence-corrected chi connectivity index (χ2v) is 8.16. The van der Waals surface area contributed by atoms with E-state index in [2.05, 4.69) is 25.2 Å². The van der Waals surface area contributed by atoms with Crippen molar-refractivity contribution in [2.24, 2.45) is 11.3 Å². The first-order valence-corrected chi connectivity index (χ1v) is 9.33. The molecule has 5 nitrogen and oxygen atoms in total. The molecule has 142 valence electrons. The molecule has 26 heavy (non-hydrogen) atoms. The quantitative estimate of drug-likeness (QED) is 0.833. The van der Waals surface area contributed by atoms with Gasteiger partial charge < -0.3 is 14.8 Å². The summed E-state index contributed by atoms with van der Waals surface area (Å²) < 4.78 is 10.7. The van der Waals surface area contributed by atoms with Crippen LogP contribution in [-0.2, 0) is 26.2 Å². The summed E-state index contributed by atoms with van der Waals surface area (Å²) in [5.74, 6) is 0.698. The highest BCUT2D eigenvalue weighted by Crippen LogP contribution is 2.58. The van der Waals surface area contributed by atoms with Crippen LogP contribution in [0.4, 0.5) is 5.69 Å². The van der Waals surface area contributed by atoms with Crippen molar-refractivity contribution >= 4 is 17.6 Å². The minimum Gasteiger partial charge on any atom is -0.495 e. The van der Waals surface area contributed by atoms with E-state index in [0.29, 0.717) is 11.4 Å². The molecule has 0 unspecified atom stereocenters. The zero-order valence-electron chi connectivity index (χ0n) is 16.4. The van der Waals surface area contributed by atoms with E-state index < -0.39 is 5.41 Å². The van der Waals surface area contributed by atoms with E-state index in [0.717, 1.165) is 32.1 Å². The number of hydrogen-bond acceptors (Lipinski definition) is 4. The zero-order valence-corrected chi connectivity index (χ0v) is 16.4. The number of fused-ring (bicyclic) bond motifs is 3. The lowest BCUT2D eigenvalue weighted by Gasteiger charge is -2.54. The summed E-state index contributed by atoms with van der Waals surface area (Å²) in [6, 6.07) is 4.11. The SMILES string of the molecule is COC(=O)[C@@]1(C)CCC[C@]2(C)c3cc(OC)c(NC(C)=O)cc3CC[C@@H]12. The van der Waals surface area contributed by atoms with Crippen LogP contribution in [0, 0.1) is 11.3 Å². The zero-order chi connectivity index (χ0) is 19.1. The molecule has 0 heterocycles. The molecular weight excluding hydrogens is 330 g/mol. The topological polar surface area (TPSA) is 64.6 Å². The van der Waals surface area contributed by atoms with Crippen molar-refractivity contribution in [2.45, 2.75) is 58.3 Å². The van der Waals surface area contributed by atoms with Crippen LogP contribution in [0.1, 0.15) is 57.6 Å². The van der Waals surface area contributed by atoms with Crippen LogP contribution >= 0.6 is 0 Å². The van der Waals surface area contributed by atoms with Gasteiger partial charge in [-0.25, -0.2) is 0 Å². The maximum absolute atomic E-state index is 12.6. The third kappa shape index (κ3) is 2.78. The number of hydrogen-bond donors (Lipinski definition) is 1. The van der Waals surface area contributed by atoms with E-state index in [4.69, 9.17) is 9.47 Å². The Morgan fingerprint density at radius 1 is 1.19 bits per heavy atom. The molecule has 1 saturated carbocycles. The van der Waals surface area contributed by atoms with E-state index in [-0.39, 0.29) is 23.2 Å². The average molecular weight is 359 g/mol. The summed E-state index contributed by atoms with van der Waals surface area (Å²) in [7, 11) is 3.11. The fourth-order valence-electron chi connectivity index (χ4n) is 5.43. The van der Waals surface area contributed by atoms with E-state index in [1.165, 1.54) is 25.2 Å². The minimum atomic E-state index is -0.455. The molecule has 1 amide bonds. The smallest absolute Gasteiger partial charge is 0.311 e. The van der Waals surface area contributed by atoms with Gasteiger partial charge >= 0.3 is 5.97 Å². The molecule has 1 fully saturated rings. The van der Waals surface area contributed by atoms with E-state index in [1.807, 2.05) is 6.07 Å². The van der Waals surface area contributed by atoms with Crippen LogP contribution in [0.25, 0.3) is 0 Å². The Kier molecular flexibility index (Phi) is 4.76. The van der Waals surface area contributed by atoms with Crippen molar-refractivity contribution in [3.8, 4) is 5.75 Å². The Balaban J connectivity index is 2.09. The molecule has 0 radical (unpaired) electrons. The van der Waals surface area contributed by atoms with Gasteiger partial charge in [-0.05, 0) is 67.2 Å². The van der Waals surface area contributed by atoms with E-state index in [1.54, 1.807) is 7.11 Å². The predicted octanol–water partition coefficient (Wildman–Crippen LogP) is 3.84. The summed E-state index contributed by atoms with van der Waals surface area (Å²) in [5, 5.41) is 2.86. The molecule has 3 atom stereocenters. The molecule has 0 aromatic heterocycles. The van der Waals surface area contributed by atoms with Crippen molar-refractivity contribution in [2.75, 3.05) is 19.5 Å². The highest BCUT2D eigenvalue weighted by Gasteiger charge is 2.55. The minimum absolute atomic E-state index is 0.0984. The number of aryl methyl sites for hydroxylation is 1. The van der Waals surface area contributed by atoms with Gasteiger partial charge in [-0.2, -0.15) is 0 Å². The third-order valence-electron chi connectivity index (χ3n) is 6.64. The molecule has 0 aliphatic heterocycles. The van der Waals surface area contributed by atoms with Crippen molar-refractivity contribution in [3.63, 3.8) is 0 Å². The summed E-state index contributed by atoms with van der Waals surface area (Å²) >= 11 is 0. The first-order valence-electron chi connectivity index (χ1n) is 9.33. The number of carbonyl (C=O) groups is 2. The number of nitrogens with one attached hydrogen (secondary N) is 1. The Bertz CT molecular complexity index is 744. The monoisotopic (exact) mass is 359 g/mol. The van der Waals surface area contributed by atoms with Gasteiger partial charge in [0.15, 0.2) is 0 Å². The first kappa shape index (κ1) is 18.7. The molecule has 5 heteroatoms. The maximum atomic E-state index is 12.6. The molecular formula is C21H29NO4. The Hall–Kier alpha value is -2.04. The Labute approximate surface area is 155 Å². The van der Waals surface area contributed by atoms with Crippen LogP contribution in [0.5, 0.6) is 5.75 Å². The fourth-order valence-corrected chi connectivity index (χ4v) is 5.43. The second-order valence-electron chi connectivity index (χ2n) is 8.16. The molecule has 0 saturated heterocycles. The molecule has 1 aromatic rings. The highest BCUT2D eigenvalue weighted by molar-refractivity contribution is 5.90. The lowest BCUT2D eigenvalue weighted by molar-refractivity contribution is -0.161. The molecule has 1 aromatic carbocycles. The fraction of sp³-hybridized carbons (Fsp3) is 0.619. The number of ether oxygens (including phenoxy) is 2. The van der Waals surface area contributed by atoms with Crippen molar-refractivity contribution in [1.82, 2.24) is 0 Å². The molecule has 3 rings (SSSR count). The lowest BCUT2D eigenvalue weighted by atomic mass is 9.50. The largest absolute Gasteiger partial charge is 0.495 e. The predicted molar refractivity (Wildman–Crippen MR) is 100 cm³/mol. The molecule has 0 bridgehead atoms. The second kappa shape index (κ2) is 6.60. The van der Waals surface area contributed by atoms with Crippen molar-refractivity contribution in [1.29, 1.82) is 0 Å². The number of rotatable bonds is 3. The van der Waals surface area contributed by atoms with Crippen LogP contribution in [0.2, 0.25) is 0 Å². The third-order valence-corrected chi connectivity index (χ3v) is 6.64. The number of esters is 1. The molecule has 1 N–H and O–H groups in total. The van der Waals surface area contributed by atoms with Gasteiger partial charge in [0, 0.05) is 6.92 Å². The lowest BCUT2D eigenvalue weighted by Crippen LogP contribution is -2.52. The van der Waals surface area contributed by atoms with Gasteiger partial charge in [0.2, 0.25) is 5.91 Å². The Morgan fingerprint density at radius 3 is 2.54 bits per heavy atom. The average Bonchev–Trinajstić information content (AvgIpc) is 2.59. The van der Waals surface area contributed by atoms with E-state index >= 15 is 0 Å². The Morgan fingerprint density at radius 2 is 1.92 bits per heavy atom. The summed E-state index contributed by atoms with van der Waals surface area (Å²) in [6.07, 6.45) is 4.74. The van der Waals surface area contributed by atoms with Gasteiger partial charge in [-0.15, -0.1) is 0 Å². The number of methoxy groups -OCH3 is 2. The van der Waals surface area contributed by atoms with Crippen LogP contribution in [0.15, 0.2) is 12.1 Å². The molecule has 2 aliphatic rings. The summed E-state index contributed by atoms with van der Waals surface area (Å²) in [4.78, 5) is 24.1. The standard InChI is InChI=1S/C21H29NO4/c1-13(23)22-16-11-14-7-8-18-20(2,15(14)12-17(16)25-4)9-6-10-21(18,3)19(24)26-5/h11-12,18H,6-10H2,1-5H3,(H,22,23)/t18-,20-,21+/m1/s1. The van der Waals surface area contributed by atoms with Crippen molar-refractivity contribution < 1.29 is 19.1 Å². The van der Waals surface area contributed by atoms with E-state index in [9.17, 15) is 9.59 Å². The molecule has 2 aliphatic carbocycles. The number of benzene rings is 1. The summed E-state index contributed by atoms with van der Waals surface area (Å²) in [5.41, 5.74) is 2.64.